The first-order valence-electron chi connectivity index (χ1n) is 8.33. The Kier molecular flexibility index (Phi) is 5.97. The monoisotopic (exact) mass is 407 g/mol. The minimum absolute atomic E-state index is 0.00752. The Hall–Kier alpha value is -2.72. The second-order valence-corrected chi connectivity index (χ2v) is 6.85. The Balaban J connectivity index is 1.83. The van der Waals surface area contributed by atoms with E-state index in [1.807, 2.05) is 60.7 Å². The third-order valence-corrected chi connectivity index (χ3v) is 4.63. The van der Waals surface area contributed by atoms with Crippen molar-refractivity contribution in [1.29, 1.82) is 0 Å². The maximum atomic E-state index is 12.7. The number of amides is 1. The van der Waals surface area contributed by atoms with Crippen LogP contribution in [0, 0.1) is 0 Å². The van der Waals surface area contributed by atoms with E-state index in [4.69, 9.17) is 0 Å². The standard InChI is InChI=1S/C22H18BrNO2/c23-19-13-11-16(12-14-19)20(15-21(25)17-7-3-1-4-8-17)24-22(26)18-9-5-2-6-10-18/h1-14,20H,15H2,(H,24,26)/t20-/m0/s1. The number of hydrogen-bond donors (Lipinski definition) is 1. The summed E-state index contributed by atoms with van der Waals surface area (Å²) < 4.78 is 0.948. The zero-order valence-electron chi connectivity index (χ0n) is 14.1. The van der Waals surface area contributed by atoms with Crippen LogP contribution in [0.2, 0.25) is 0 Å². The molecule has 1 N–H and O–H groups in total. The number of Topliss-reactive ketones (excluding diaryl/α,β-unsaturated/α-hetero) is 1. The summed E-state index contributed by atoms with van der Waals surface area (Å²) in [4.78, 5) is 25.2. The van der Waals surface area contributed by atoms with E-state index in [0.717, 1.165) is 10.0 Å². The van der Waals surface area contributed by atoms with E-state index in [1.165, 1.54) is 0 Å². The first-order chi connectivity index (χ1) is 12.6. The van der Waals surface area contributed by atoms with Crippen LogP contribution in [0.25, 0.3) is 0 Å². The Bertz CT molecular complexity index is 824. The van der Waals surface area contributed by atoms with Crippen molar-refractivity contribution in [3.05, 3.63) is 106 Å². The fraction of sp³-hybridized carbons (Fsp3) is 0.0909. The molecule has 3 nitrogen and oxygen atoms in total. The lowest BCUT2D eigenvalue weighted by Gasteiger charge is -2.19. The topological polar surface area (TPSA) is 46.2 Å². The van der Waals surface area contributed by atoms with Crippen LogP contribution in [0.15, 0.2) is 89.4 Å². The second kappa shape index (κ2) is 8.59. The Morgan fingerprint density at radius 1 is 0.769 bits per heavy atom. The molecule has 1 amide bonds. The first kappa shape index (κ1) is 18.1. The summed E-state index contributed by atoms with van der Waals surface area (Å²) >= 11 is 3.42. The van der Waals surface area contributed by atoms with E-state index >= 15 is 0 Å². The van der Waals surface area contributed by atoms with Crippen LogP contribution in [-0.4, -0.2) is 11.7 Å². The molecule has 0 aliphatic rings. The highest BCUT2D eigenvalue weighted by atomic mass is 79.9. The van der Waals surface area contributed by atoms with Crippen LogP contribution in [0.3, 0.4) is 0 Å². The van der Waals surface area contributed by atoms with Crippen molar-refractivity contribution in [3.63, 3.8) is 0 Å². The van der Waals surface area contributed by atoms with Crippen molar-refractivity contribution >= 4 is 27.6 Å². The van der Waals surface area contributed by atoms with E-state index in [0.29, 0.717) is 11.1 Å². The van der Waals surface area contributed by atoms with Gasteiger partial charge in [0, 0.05) is 22.0 Å². The molecule has 0 saturated heterocycles. The van der Waals surface area contributed by atoms with Gasteiger partial charge < -0.3 is 5.32 Å². The van der Waals surface area contributed by atoms with Crippen molar-refractivity contribution < 1.29 is 9.59 Å². The zero-order chi connectivity index (χ0) is 18.4. The van der Waals surface area contributed by atoms with Gasteiger partial charge in [-0.15, -0.1) is 0 Å². The Morgan fingerprint density at radius 3 is 1.88 bits per heavy atom. The van der Waals surface area contributed by atoms with E-state index < -0.39 is 6.04 Å². The largest absolute Gasteiger partial charge is 0.345 e. The van der Waals surface area contributed by atoms with Crippen molar-refractivity contribution in [2.75, 3.05) is 0 Å². The molecule has 3 aromatic carbocycles. The average molecular weight is 408 g/mol. The molecular weight excluding hydrogens is 390 g/mol. The van der Waals surface area contributed by atoms with E-state index in [1.54, 1.807) is 24.3 Å². The SMILES string of the molecule is O=C(C[C@H](NC(=O)c1ccccc1)c1ccc(Br)cc1)c1ccccc1. The average Bonchev–Trinajstić information content (AvgIpc) is 2.69. The first-order valence-corrected chi connectivity index (χ1v) is 9.12. The minimum Gasteiger partial charge on any atom is -0.345 e. The molecule has 0 aromatic heterocycles. The van der Waals surface area contributed by atoms with Gasteiger partial charge in [-0.05, 0) is 29.8 Å². The van der Waals surface area contributed by atoms with Crippen LogP contribution >= 0.6 is 15.9 Å². The van der Waals surface area contributed by atoms with Gasteiger partial charge in [-0.25, -0.2) is 0 Å². The molecule has 3 aromatic rings. The van der Waals surface area contributed by atoms with Crippen molar-refractivity contribution in [2.45, 2.75) is 12.5 Å². The molecule has 0 bridgehead atoms. The van der Waals surface area contributed by atoms with Gasteiger partial charge in [-0.3, -0.25) is 9.59 Å². The number of halogens is 1. The van der Waals surface area contributed by atoms with Crippen LogP contribution < -0.4 is 5.32 Å². The summed E-state index contributed by atoms with van der Waals surface area (Å²) in [5.41, 5.74) is 2.10. The molecule has 1 atom stereocenters. The van der Waals surface area contributed by atoms with Crippen LogP contribution in [0.1, 0.15) is 38.7 Å². The van der Waals surface area contributed by atoms with Crippen molar-refractivity contribution in [3.8, 4) is 0 Å². The summed E-state index contributed by atoms with van der Waals surface area (Å²) in [6, 6.07) is 25.4. The van der Waals surface area contributed by atoms with Crippen molar-refractivity contribution in [1.82, 2.24) is 5.32 Å². The lowest BCUT2D eigenvalue weighted by atomic mass is 9.97. The fourth-order valence-corrected chi connectivity index (χ4v) is 2.97. The molecule has 4 heteroatoms. The van der Waals surface area contributed by atoms with Gasteiger partial charge in [0.1, 0.15) is 0 Å². The summed E-state index contributed by atoms with van der Waals surface area (Å²) in [5, 5.41) is 2.99. The normalized spacial score (nSPS) is 11.6. The zero-order valence-corrected chi connectivity index (χ0v) is 15.6. The summed E-state index contributed by atoms with van der Waals surface area (Å²) in [6.45, 7) is 0. The molecule has 0 aliphatic carbocycles. The quantitative estimate of drug-likeness (QED) is 0.571. The predicted molar refractivity (Wildman–Crippen MR) is 106 cm³/mol. The van der Waals surface area contributed by atoms with Gasteiger partial charge in [0.2, 0.25) is 0 Å². The minimum atomic E-state index is -0.400. The highest BCUT2D eigenvalue weighted by molar-refractivity contribution is 9.10. The van der Waals surface area contributed by atoms with Gasteiger partial charge in [0.05, 0.1) is 6.04 Å². The van der Waals surface area contributed by atoms with Crippen LogP contribution in [0.4, 0.5) is 0 Å². The molecule has 0 fully saturated rings. The maximum absolute atomic E-state index is 12.7. The van der Waals surface area contributed by atoms with Crippen LogP contribution in [-0.2, 0) is 0 Å². The van der Waals surface area contributed by atoms with Gasteiger partial charge in [0.25, 0.3) is 5.91 Å². The maximum Gasteiger partial charge on any atom is 0.251 e. The highest BCUT2D eigenvalue weighted by Gasteiger charge is 2.20. The molecule has 0 heterocycles. The third kappa shape index (κ3) is 4.67. The van der Waals surface area contributed by atoms with E-state index in [2.05, 4.69) is 21.2 Å². The summed E-state index contributed by atoms with van der Waals surface area (Å²) in [7, 11) is 0. The molecule has 0 radical (unpaired) electrons. The number of benzene rings is 3. The third-order valence-electron chi connectivity index (χ3n) is 4.10. The molecular formula is C22H18BrNO2. The van der Waals surface area contributed by atoms with E-state index in [-0.39, 0.29) is 18.1 Å². The number of carbonyl (C=O) groups excluding carboxylic acids is 2. The number of rotatable bonds is 6. The van der Waals surface area contributed by atoms with Crippen molar-refractivity contribution in [2.24, 2.45) is 0 Å². The van der Waals surface area contributed by atoms with Gasteiger partial charge in [0.15, 0.2) is 5.78 Å². The highest BCUT2D eigenvalue weighted by Crippen LogP contribution is 2.22. The number of ketones is 1. The molecule has 3 rings (SSSR count). The summed E-state index contributed by atoms with van der Waals surface area (Å²) in [6.07, 6.45) is 0.199. The number of nitrogens with one attached hydrogen (secondary N) is 1. The van der Waals surface area contributed by atoms with E-state index in [9.17, 15) is 9.59 Å². The molecule has 0 aliphatic heterocycles. The lowest BCUT2D eigenvalue weighted by Crippen LogP contribution is -2.30. The lowest BCUT2D eigenvalue weighted by molar-refractivity contribution is 0.0912. The molecule has 130 valence electrons. The number of hydrogen-bond acceptors (Lipinski definition) is 2. The second-order valence-electron chi connectivity index (χ2n) is 5.94. The Labute approximate surface area is 161 Å². The van der Waals surface area contributed by atoms with Gasteiger partial charge in [-0.1, -0.05) is 76.6 Å². The smallest absolute Gasteiger partial charge is 0.251 e. The van der Waals surface area contributed by atoms with Gasteiger partial charge in [-0.2, -0.15) is 0 Å². The van der Waals surface area contributed by atoms with Gasteiger partial charge >= 0.3 is 0 Å². The number of carbonyl (C=O) groups is 2. The Morgan fingerprint density at radius 2 is 1.31 bits per heavy atom. The fourth-order valence-electron chi connectivity index (χ4n) is 2.71. The molecule has 0 unspecified atom stereocenters. The predicted octanol–water partition coefficient (Wildman–Crippen LogP) is 5.19. The molecule has 26 heavy (non-hydrogen) atoms. The van der Waals surface area contributed by atoms with Crippen LogP contribution in [0.5, 0.6) is 0 Å². The molecule has 0 spiro atoms. The summed E-state index contributed by atoms with van der Waals surface area (Å²) in [5.74, 6) is -0.203. The molecule has 0 saturated carbocycles.